The van der Waals surface area contributed by atoms with Crippen LogP contribution in [0.2, 0.25) is 0 Å². The first kappa shape index (κ1) is 37.9. The van der Waals surface area contributed by atoms with E-state index in [4.69, 9.17) is 34.8 Å². The Morgan fingerprint density at radius 1 is 1.23 bits per heavy atom. The number of likely N-dealkylation sites (tertiary alicyclic amines) is 1. The summed E-state index contributed by atoms with van der Waals surface area (Å²) in [6.45, 7) is 7.16. The lowest BCUT2D eigenvalue weighted by Gasteiger charge is -2.33. The van der Waals surface area contributed by atoms with Crippen LogP contribution in [0.4, 0.5) is 0 Å². The Morgan fingerprint density at radius 3 is 2.40 bits per heavy atom. The van der Waals surface area contributed by atoms with Crippen molar-refractivity contribution in [2.45, 2.75) is 65.5 Å². The summed E-state index contributed by atoms with van der Waals surface area (Å²) >= 11 is 18.2. The smallest absolute Gasteiger partial charge is 0.286 e. The first-order valence-corrected chi connectivity index (χ1v) is 14.4. The van der Waals surface area contributed by atoms with Crippen LogP contribution in [-0.2, 0) is 16.0 Å². The molecule has 222 valence electrons. The van der Waals surface area contributed by atoms with Crippen LogP contribution in [0, 0.1) is 10.8 Å². The molecule has 1 aliphatic heterocycles. The SMILES string of the molecule is C/C=C\C=C(\Cl)CC(O)N1CCCC(C=O)C1.CC/C(Cl)=C(\C=C(/C)Cl)c1ccc(CCC(=O)N=O)cc1.CN. The summed E-state index contributed by atoms with van der Waals surface area (Å²) in [5.41, 5.74) is 7.32. The first-order valence-electron chi connectivity index (χ1n) is 13.2. The molecule has 0 aliphatic carbocycles. The van der Waals surface area contributed by atoms with E-state index >= 15 is 0 Å². The maximum atomic E-state index is 10.9. The van der Waals surface area contributed by atoms with Crippen molar-refractivity contribution in [3.63, 3.8) is 0 Å². The molecule has 2 unspecified atom stereocenters. The maximum absolute atomic E-state index is 10.9. The number of aliphatic hydroxyl groups excluding tert-OH is 1. The van der Waals surface area contributed by atoms with Gasteiger partial charge in [-0.05, 0) is 75.4 Å². The number of rotatable bonds is 11. The fourth-order valence-corrected chi connectivity index (χ4v) is 4.33. The van der Waals surface area contributed by atoms with E-state index in [1.165, 1.54) is 7.05 Å². The third-order valence-electron chi connectivity index (χ3n) is 5.89. The number of allylic oxidation sites excluding steroid dienone is 7. The Morgan fingerprint density at radius 2 is 1.88 bits per heavy atom. The summed E-state index contributed by atoms with van der Waals surface area (Å²) in [5, 5.41) is 14.4. The number of nitroso groups, excluding NO2 is 1. The fourth-order valence-electron chi connectivity index (χ4n) is 3.85. The van der Waals surface area contributed by atoms with Crippen LogP contribution < -0.4 is 5.73 Å². The molecule has 1 heterocycles. The third-order valence-corrected chi connectivity index (χ3v) is 6.75. The van der Waals surface area contributed by atoms with Gasteiger partial charge < -0.3 is 15.6 Å². The highest BCUT2D eigenvalue weighted by Gasteiger charge is 2.24. The number of amides is 1. The Bertz CT molecular complexity index is 1030. The van der Waals surface area contributed by atoms with Gasteiger partial charge in [0.15, 0.2) is 0 Å². The van der Waals surface area contributed by atoms with Crippen molar-refractivity contribution in [1.82, 2.24) is 4.90 Å². The Labute approximate surface area is 253 Å². The van der Waals surface area contributed by atoms with Crippen LogP contribution in [0.15, 0.2) is 68.8 Å². The number of aryl methyl sites for hydroxylation is 1. The molecule has 0 bridgehead atoms. The van der Waals surface area contributed by atoms with E-state index in [1.807, 2.05) is 61.2 Å². The highest BCUT2D eigenvalue weighted by molar-refractivity contribution is 6.34. The van der Waals surface area contributed by atoms with Crippen molar-refractivity contribution < 1.29 is 14.7 Å². The molecule has 1 aliphatic rings. The monoisotopic (exact) mass is 613 g/mol. The molecule has 2 atom stereocenters. The van der Waals surface area contributed by atoms with Crippen LogP contribution >= 0.6 is 34.8 Å². The number of aliphatic hydroxyl groups is 1. The average molecular weight is 615 g/mol. The molecule has 1 saturated heterocycles. The predicted octanol–water partition coefficient (Wildman–Crippen LogP) is 7.29. The number of carbonyl (C=O) groups is 2. The second-order valence-electron chi connectivity index (χ2n) is 8.94. The van der Waals surface area contributed by atoms with E-state index in [-0.39, 0.29) is 12.3 Å². The Kier molecular flexibility index (Phi) is 21.3. The minimum atomic E-state index is -0.630. The zero-order valence-electron chi connectivity index (χ0n) is 23.8. The van der Waals surface area contributed by atoms with Crippen LogP contribution in [-0.4, -0.2) is 48.6 Å². The van der Waals surface area contributed by atoms with E-state index in [1.54, 1.807) is 13.0 Å². The number of carbonyl (C=O) groups excluding carboxylic acids is 2. The molecular formula is C30H42Cl3N3O4. The summed E-state index contributed by atoms with van der Waals surface area (Å²) < 4.78 is 0. The average Bonchev–Trinajstić information content (AvgIpc) is 2.98. The topological polar surface area (TPSA) is 113 Å². The molecule has 0 aromatic heterocycles. The maximum Gasteiger partial charge on any atom is 0.286 e. The van der Waals surface area contributed by atoms with Crippen molar-refractivity contribution in [2.24, 2.45) is 16.8 Å². The number of aldehydes is 1. The van der Waals surface area contributed by atoms with Gasteiger partial charge in [-0.1, -0.05) is 78.1 Å². The molecule has 0 saturated carbocycles. The zero-order chi connectivity index (χ0) is 30.5. The minimum Gasteiger partial charge on any atom is -0.378 e. The molecule has 10 heteroatoms. The van der Waals surface area contributed by atoms with Crippen molar-refractivity contribution in [1.29, 1.82) is 0 Å². The van der Waals surface area contributed by atoms with Gasteiger partial charge >= 0.3 is 0 Å². The summed E-state index contributed by atoms with van der Waals surface area (Å²) in [6.07, 6.45) is 11.4. The van der Waals surface area contributed by atoms with Gasteiger partial charge in [-0.25, -0.2) is 0 Å². The van der Waals surface area contributed by atoms with E-state index in [0.29, 0.717) is 29.5 Å². The molecular weight excluding hydrogens is 573 g/mol. The van der Waals surface area contributed by atoms with Crippen molar-refractivity contribution >= 4 is 52.6 Å². The molecule has 3 N–H and O–H groups in total. The summed E-state index contributed by atoms with van der Waals surface area (Å²) in [4.78, 5) is 33.6. The van der Waals surface area contributed by atoms with E-state index in [9.17, 15) is 19.6 Å². The lowest BCUT2D eigenvalue weighted by molar-refractivity contribution is -0.118. The van der Waals surface area contributed by atoms with Crippen LogP contribution in [0.1, 0.15) is 64.0 Å². The Hall–Kier alpha value is -2.13. The lowest BCUT2D eigenvalue weighted by Crippen LogP contribution is -2.43. The van der Waals surface area contributed by atoms with Gasteiger partial charge in [0, 0.05) is 52.1 Å². The lowest BCUT2D eigenvalue weighted by atomic mass is 9.99. The highest BCUT2D eigenvalue weighted by Crippen LogP contribution is 2.27. The molecule has 7 nitrogen and oxygen atoms in total. The number of nitrogens with zero attached hydrogens (tertiary/aromatic N) is 2. The first-order chi connectivity index (χ1) is 19.1. The summed E-state index contributed by atoms with van der Waals surface area (Å²) in [6, 6.07) is 7.67. The number of halogens is 3. The van der Waals surface area contributed by atoms with E-state index in [2.05, 4.69) is 10.9 Å². The zero-order valence-corrected chi connectivity index (χ0v) is 26.1. The van der Waals surface area contributed by atoms with E-state index < -0.39 is 12.1 Å². The quantitative estimate of drug-likeness (QED) is 0.154. The highest BCUT2D eigenvalue weighted by atomic mass is 35.5. The molecule has 0 radical (unpaired) electrons. The second-order valence-corrected chi connectivity index (χ2v) is 10.5. The van der Waals surface area contributed by atoms with Gasteiger partial charge in [-0.2, -0.15) is 0 Å². The van der Waals surface area contributed by atoms with Crippen molar-refractivity contribution in [3.8, 4) is 0 Å². The summed E-state index contributed by atoms with van der Waals surface area (Å²) in [7, 11) is 1.50. The van der Waals surface area contributed by atoms with Gasteiger partial charge in [0.1, 0.15) is 12.5 Å². The number of hydrogen-bond donors (Lipinski definition) is 2. The van der Waals surface area contributed by atoms with Gasteiger partial charge in [-0.15, -0.1) is 4.91 Å². The largest absolute Gasteiger partial charge is 0.378 e. The van der Waals surface area contributed by atoms with E-state index in [0.717, 1.165) is 53.8 Å². The fraction of sp³-hybridized carbons (Fsp3) is 0.467. The van der Waals surface area contributed by atoms with Gasteiger partial charge in [0.25, 0.3) is 5.91 Å². The van der Waals surface area contributed by atoms with Crippen LogP contribution in [0.5, 0.6) is 0 Å². The van der Waals surface area contributed by atoms with Crippen molar-refractivity contribution in [3.05, 3.63) is 79.7 Å². The summed E-state index contributed by atoms with van der Waals surface area (Å²) in [5.74, 6) is -0.578. The Balaban J connectivity index is 0.000000730. The second kappa shape index (κ2) is 22.5. The van der Waals surface area contributed by atoms with Gasteiger partial charge in [-0.3, -0.25) is 9.69 Å². The van der Waals surface area contributed by atoms with Crippen LogP contribution in [0.3, 0.4) is 0 Å². The normalized spacial score (nSPS) is 17.6. The van der Waals surface area contributed by atoms with Crippen LogP contribution in [0.25, 0.3) is 5.57 Å². The molecule has 40 heavy (non-hydrogen) atoms. The number of nitrogens with two attached hydrogens (primary N) is 1. The van der Waals surface area contributed by atoms with Crippen molar-refractivity contribution in [2.75, 3.05) is 20.1 Å². The molecule has 2 rings (SSSR count). The number of benzene rings is 1. The molecule has 1 fully saturated rings. The molecule has 0 spiro atoms. The minimum absolute atomic E-state index is 0.0525. The molecule has 1 aromatic carbocycles. The molecule has 1 amide bonds. The third kappa shape index (κ3) is 15.6. The van der Waals surface area contributed by atoms with Gasteiger partial charge in [0.2, 0.25) is 0 Å². The number of piperidine rings is 1. The number of hydrogen-bond acceptors (Lipinski definition) is 6. The molecule has 1 aromatic rings. The predicted molar refractivity (Wildman–Crippen MR) is 168 cm³/mol. The van der Waals surface area contributed by atoms with Gasteiger partial charge in [0.05, 0.1) is 0 Å². The standard InChI is InChI=1S/C16H17Cl2NO2.C13H20ClNO2.CH5N/c1-3-15(18)14(10-11(2)17)13-7-4-12(5-8-13)6-9-16(20)19-21;1-2-3-6-12(14)8-13(17)15-7-4-5-11(9-15)10-16;1-2/h4-5,7-8,10H,3,6,9H2,1-2H3;2-3,6,10-11,13,17H,4-5,7-9H2,1H3;2H2,1H3/b11-10+,15-14-;3-2-,12-6+;.